The van der Waals surface area contributed by atoms with E-state index in [0.717, 1.165) is 69.6 Å². The number of rotatable bonds is 51. The smallest absolute Gasteiger partial charge is 0.306 e. The number of esters is 3. The van der Waals surface area contributed by atoms with Crippen LogP contribution in [0.25, 0.3) is 0 Å². The Hall–Kier alpha value is -1.59. The molecule has 0 heterocycles. The van der Waals surface area contributed by atoms with Crippen molar-refractivity contribution in [3.05, 3.63) is 0 Å². The molecule has 0 unspecified atom stereocenters. The summed E-state index contributed by atoms with van der Waals surface area (Å²) in [5.74, 6) is 0.808. The van der Waals surface area contributed by atoms with E-state index in [-0.39, 0.29) is 31.1 Å². The first-order valence-electron chi connectivity index (χ1n) is 28.2. The van der Waals surface area contributed by atoms with Gasteiger partial charge in [0.05, 0.1) is 0 Å². The summed E-state index contributed by atoms with van der Waals surface area (Å²) in [7, 11) is 0. The molecule has 0 amide bonds. The molecule has 0 saturated heterocycles. The molecule has 0 fully saturated rings. The topological polar surface area (TPSA) is 78.9 Å². The predicted molar refractivity (Wildman–Crippen MR) is 270 cm³/mol. The van der Waals surface area contributed by atoms with Gasteiger partial charge in [-0.15, -0.1) is 0 Å². The zero-order chi connectivity index (χ0) is 46.1. The molecule has 374 valence electrons. The predicted octanol–water partition coefficient (Wildman–Crippen LogP) is 18.5. The molecule has 0 aliphatic heterocycles. The number of hydrogen-bond donors (Lipinski definition) is 0. The van der Waals surface area contributed by atoms with E-state index in [4.69, 9.17) is 14.2 Å². The minimum Gasteiger partial charge on any atom is -0.462 e. The molecule has 0 aromatic heterocycles. The maximum Gasteiger partial charge on any atom is 0.306 e. The summed E-state index contributed by atoms with van der Waals surface area (Å²) in [4.78, 5) is 38.1. The quantitative estimate of drug-likeness (QED) is 0.0344. The molecule has 0 aliphatic rings. The second kappa shape index (κ2) is 49.8. The molecule has 0 rings (SSSR count). The summed E-state index contributed by atoms with van der Waals surface area (Å²) in [6.07, 6.45) is 52.3. The number of carbonyl (C=O) groups excluding carboxylic acids is 3. The van der Waals surface area contributed by atoms with Gasteiger partial charge in [0.15, 0.2) is 6.10 Å². The van der Waals surface area contributed by atoms with Crippen LogP contribution in [-0.4, -0.2) is 37.2 Å². The molecule has 0 aromatic carbocycles. The van der Waals surface area contributed by atoms with Crippen LogP contribution in [0.3, 0.4) is 0 Å². The van der Waals surface area contributed by atoms with E-state index in [9.17, 15) is 14.4 Å². The Morgan fingerprint density at radius 2 is 0.524 bits per heavy atom. The summed E-state index contributed by atoms with van der Waals surface area (Å²) in [6.45, 7) is 11.4. The summed E-state index contributed by atoms with van der Waals surface area (Å²) in [5.41, 5.74) is 0. The van der Waals surface area contributed by atoms with Crippen LogP contribution in [0, 0.1) is 11.8 Å². The first-order valence-corrected chi connectivity index (χ1v) is 28.2. The van der Waals surface area contributed by atoms with Gasteiger partial charge < -0.3 is 14.2 Å². The lowest BCUT2D eigenvalue weighted by Crippen LogP contribution is -2.30. The SMILES string of the molecule is CCCCCCCCCCCCCCCCCCCC(=O)OC[C@H](COC(=O)CCCCCCCCCCCCCCC(C)C)OC(=O)CCCCCCCCCCCCC(C)C. The third kappa shape index (κ3) is 51.3. The third-order valence-electron chi connectivity index (χ3n) is 13.0. The second-order valence-electron chi connectivity index (χ2n) is 20.5. The Kier molecular flexibility index (Phi) is 48.6. The van der Waals surface area contributed by atoms with Gasteiger partial charge in [0.25, 0.3) is 0 Å². The van der Waals surface area contributed by atoms with E-state index in [1.54, 1.807) is 0 Å². The second-order valence-corrected chi connectivity index (χ2v) is 20.5. The molecule has 63 heavy (non-hydrogen) atoms. The monoisotopic (exact) mass is 891 g/mol. The van der Waals surface area contributed by atoms with Crippen molar-refractivity contribution in [2.45, 2.75) is 323 Å². The fraction of sp³-hybridized carbons (Fsp3) is 0.947. The van der Waals surface area contributed by atoms with Gasteiger partial charge in [0, 0.05) is 19.3 Å². The maximum atomic E-state index is 12.8. The van der Waals surface area contributed by atoms with Gasteiger partial charge in [-0.2, -0.15) is 0 Å². The van der Waals surface area contributed by atoms with Gasteiger partial charge in [-0.25, -0.2) is 0 Å². The molecule has 0 spiro atoms. The van der Waals surface area contributed by atoms with Crippen LogP contribution in [-0.2, 0) is 28.6 Å². The van der Waals surface area contributed by atoms with E-state index in [1.165, 1.54) is 205 Å². The average Bonchev–Trinajstić information content (AvgIpc) is 3.25. The van der Waals surface area contributed by atoms with Crippen LogP contribution >= 0.6 is 0 Å². The lowest BCUT2D eigenvalue weighted by molar-refractivity contribution is -0.167. The Morgan fingerprint density at radius 1 is 0.302 bits per heavy atom. The normalized spacial score (nSPS) is 12.0. The van der Waals surface area contributed by atoms with E-state index in [0.29, 0.717) is 19.3 Å². The van der Waals surface area contributed by atoms with Gasteiger partial charge >= 0.3 is 17.9 Å². The van der Waals surface area contributed by atoms with E-state index >= 15 is 0 Å². The molecule has 6 nitrogen and oxygen atoms in total. The molecule has 0 saturated carbocycles. The number of hydrogen-bond acceptors (Lipinski definition) is 6. The van der Waals surface area contributed by atoms with Crippen LogP contribution in [0.15, 0.2) is 0 Å². The Labute approximate surface area is 393 Å². The largest absolute Gasteiger partial charge is 0.462 e. The van der Waals surface area contributed by atoms with Crippen molar-refractivity contribution in [3.8, 4) is 0 Å². The summed E-state index contributed by atoms with van der Waals surface area (Å²) < 4.78 is 16.9. The van der Waals surface area contributed by atoms with Gasteiger partial charge in [0.2, 0.25) is 0 Å². The molecular formula is C57H110O6. The zero-order valence-electron chi connectivity index (χ0n) is 43.2. The summed E-state index contributed by atoms with van der Waals surface area (Å²) >= 11 is 0. The van der Waals surface area contributed by atoms with Crippen LogP contribution in [0.4, 0.5) is 0 Å². The summed E-state index contributed by atoms with van der Waals surface area (Å²) in [5, 5.41) is 0. The van der Waals surface area contributed by atoms with Gasteiger partial charge in [-0.05, 0) is 31.1 Å². The molecular weight excluding hydrogens is 781 g/mol. The van der Waals surface area contributed by atoms with Crippen molar-refractivity contribution >= 4 is 17.9 Å². The maximum absolute atomic E-state index is 12.8. The minimum atomic E-state index is -0.762. The first-order chi connectivity index (χ1) is 30.7. The first kappa shape index (κ1) is 61.4. The lowest BCUT2D eigenvalue weighted by atomic mass is 10.0. The lowest BCUT2D eigenvalue weighted by Gasteiger charge is -2.18. The number of unbranched alkanes of at least 4 members (excludes halogenated alkanes) is 36. The summed E-state index contributed by atoms with van der Waals surface area (Å²) in [6, 6.07) is 0. The van der Waals surface area contributed by atoms with E-state index in [2.05, 4.69) is 34.6 Å². The number of ether oxygens (including phenoxy) is 3. The highest BCUT2D eigenvalue weighted by Crippen LogP contribution is 2.18. The van der Waals surface area contributed by atoms with Crippen LogP contribution in [0.5, 0.6) is 0 Å². The van der Waals surface area contributed by atoms with Gasteiger partial charge in [-0.3, -0.25) is 14.4 Å². The van der Waals surface area contributed by atoms with Crippen molar-refractivity contribution in [2.75, 3.05) is 13.2 Å². The fourth-order valence-electron chi connectivity index (χ4n) is 8.70. The van der Waals surface area contributed by atoms with E-state index in [1.807, 2.05) is 0 Å². The van der Waals surface area contributed by atoms with Crippen LogP contribution in [0.1, 0.15) is 317 Å². The Morgan fingerprint density at radius 3 is 0.778 bits per heavy atom. The number of carbonyl (C=O) groups is 3. The van der Waals surface area contributed by atoms with Gasteiger partial charge in [-0.1, -0.05) is 279 Å². The zero-order valence-corrected chi connectivity index (χ0v) is 43.2. The van der Waals surface area contributed by atoms with Crippen molar-refractivity contribution in [1.29, 1.82) is 0 Å². The average molecular weight is 892 g/mol. The molecule has 0 aliphatic carbocycles. The molecule has 0 bridgehead atoms. The molecule has 0 radical (unpaired) electrons. The van der Waals surface area contributed by atoms with Crippen molar-refractivity contribution in [2.24, 2.45) is 11.8 Å². The van der Waals surface area contributed by atoms with Crippen molar-refractivity contribution < 1.29 is 28.6 Å². The highest BCUT2D eigenvalue weighted by molar-refractivity contribution is 5.71. The van der Waals surface area contributed by atoms with Crippen molar-refractivity contribution in [3.63, 3.8) is 0 Å². The molecule has 0 N–H and O–H groups in total. The Bertz CT molecular complexity index is 962. The molecule has 1 atom stereocenters. The van der Waals surface area contributed by atoms with E-state index < -0.39 is 6.10 Å². The van der Waals surface area contributed by atoms with Crippen molar-refractivity contribution in [1.82, 2.24) is 0 Å². The van der Waals surface area contributed by atoms with Crippen LogP contribution < -0.4 is 0 Å². The highest BCUT2D eigenvalue weighted by atomic mass is 16.6. The standard InChI is InChI=1S/C57H110O6/c1-6-7-8-9-10-11-12-13-14-15-16-17-21-27-32-37-42-47-55(58)61-50-54(63-57(60)49-44-39-34-29-24-23-26-31-36-41-46-53(4)5)51-62-56(59)48-43-38-33-28-22-19-18-20-25-30-35-40-45-52(2)3/h52-54H,6-51H2,1-5H3/t54-/m1/s1. The highest BCUT2D eigenvalue weighted by Gasteiger charge is 2.19. The molecule has 0 aromatic rings. The fourth-order valence-corrected chi connectivity index (χ4v) is 8.70. The molecule has 6 heteroatoms. The third-order valence-corrected chi connectivity index (χ3v) is 13.0. The van der Waals surface area contributed by atoms with Gasteiger partial charge in [0.1, 0.15) is 13.2 Å². The van der Waals surface area contributed by atoms with Crippen LogP contribution in [0.2, 0.25) is 0 Å². The minimum absolute atomic E-state index is 0.0631. The Balaban J connectivity index is 4.29.